The van der Waals surface area contributed by atoms with Crippen molar-refractivity contribution in [3.8, 4) is 0 Å². The molecule has 0 spiro atoms. The van der Waals surface area contributed by atoms with Crippen molar-refractivity contribution in [1.82, 2.24) is 14.8 Å². The Morgan fingerprint density at radius 1 is 1.19 bits per heavy atom. The van der Waals surface area contributed by atoms with E-state index in [9.17, 15) is 14.4 Å². The molecular formula is C19H21N3O4. The van der Waals surface area contributed by atoms with Gasteiger partial charge < -0.3 is 14.9 Å². The molecule has 2 heterocycles. The summed E-state index contributed by atoms with van der Waals surface area (Å²) in [6.45, 7) is 0.760. The van der Waals surface area contributed by atoms with Gasteiger partial charge in [0.15, 0.2) is 0 Å². The molecular weight excluding hydrogens is 334 g/mol. The number of likely N-dealkylation sites (tertiary alicyclic amines) is 1. The predicted molar refractivity (Wildman–Crippen MR) is 95.6 cm³/mol. The lowest BCUT2D eigenvalue weighted by Gasteiger charge is -2.31. The molecule has 1 saturated heterocycles. The molecule has 1 fully saturated rings. The number of aliphatic carboxylic acids is 1. The molecule has 0 bridgehead atoms. The molecule has 7 nitrogen and oxygen atoms in total. The van der Waals surface area contributed by atoms with Gasteiger partial charge in [0, 0.05) is 31.7 Å². The minimum Gasteiger partial charge on any atom is -0.481 e. The first-order chi connectivity index (χ1) is 12.5. The number of hydrogen-bond acceptors (Lipinski definition) is 4. The lowest BCUT2D eigenvalue weighted by molar-refractivity contribution is -0.145. The number of aromatic nitrogens is 1. The Labute approximate surface area is 151 Å². The second kappa shape index (κ2) is 7.51. The zero-order valence-electron chi connectivity index (χ0n) is 14.6. The number of pyridine rings is 1. The summed E-state index contributed by atoms with van der Waals surface area (Å²) < 4.78 is 0. The van der Waals surface area contributed by atoms with E-state index in [1.165, 1.54) is 4.90 Å². The summed E-state index contributed by atoms with van der Waals surface area (Å²) in [4.78, 5) is 43.4. The number of hydrogen-bond donors (Lipinski definition) is 1. The van der Waals surface area contributed by atoms with E-state index in [1.807, 2.05) is 30.3 Å². The molecule has 2 amide bonds. The Balaban J connectivity index is 1.66. The topological polar surface area (TPSA) is 90.8 Å². The highest BCUT2D eigenvalue weighted by Crippen LogP contribution is 2.19. The number of likely N-dealkylation sites (N-methyl/N-ethyl adjacent to an activating group) is 1. The van der Waals surface area contributed by atoms with Crippen LogP contribution in [0.25, 0.3) is 10.8 Å². The Hall–Kier alpha value is -2.96. The molecule has 1 aliphatic rings. The summed E-state index contributed by atoms with van der Waals surface area (Å²) in [5.41, 5.74) is 0.322. The van der Waals surface area contributed by atoms with E-state index >= 15 is 0 Å². The van der Waals surface area contributed by atoms with Crippen molar-refractivity contribution in [2.45, 2.75) is 12.8 Å². The Morgan fingerprint density at radius 2 is 1.88 bits per heavy atom. The number of nitrogens with zero attached hydrogens (tertiary/aromatic N) is 3. The van der Waals surface area contributed by atoms with E-state index in [0.717, 1.165) is 10.8 Å². The summed E-state index contributed by atoms with van der Waals surface area (Å²) in [5.74, 6) is -1.69. The third-order valence-electron chi connectivity index (χ3n) is 4.79. The normalized spacial score (nSPS) is 15.0. The van der Waals surface area contributed by atoms with Crippen molar-refractivity contribution in [3.05, 3.63) is 42.2 Å². The number of carboxylic acid groups (broad SMARTS) is 1. The Bertz CT molecular complexity index is 838. The maximum absolute atomic E-state index is 12.7. The molecule has 0 radical (unpaired) electrons. The molecule has 0 aliphatic carbocycles. The van der Waals surface area contributed by atoms with Gasteiger partial charge in [-0.3, -0.25) is 19.4 Å². The zero-order valence-corrected chi connectivity index (χ0v) is 14.6. The van der Waals surface area contributed by atoms with Gasteiger partial charge in [-0.2, -0.15) is 0 Å². The smallest absolute Gasteiger partial charge is 0.306 e. The van der Waals surface area contributed by atoms with Gasteiger partial charge in [0.25, 0.3) is 5.91 Å². The number of amides is 2. The van der Waals surface area contributed by atoms with Crippen LogP contribution < -0.4 is 0 Å². The van der Waals surface area contributed by atoms with Crippen molar-refractivity contribution in [2.24, 2.45) is 5.92 Å². The fraction of sp³-hybridized carbons (Fsp3) is 0.368. The summed E-state index contributed by atoms with van der Waals surface area (Å²) >= 11 is 0. The van der Waals surface area contributed by atoms with E-state index in [2.05, 4.69) is 4.98 Å². The van der Waals surface area contributed by atoms with Gasteiger partial charge in [0.2, 0.25) is 5.91 Å². The third-order valence-corrected chi connectivity index (χ3v) is 4.79. The minimum absolute atomic E-state index is 0.0541. The fourth-order valence-corrected chi connectivity index (χ4v) is 3.22. The van der Waals surface area contributed by atoms with Crippen LogP contribution in [0.15, 0.2) is 36.5 Å². The summed E-state index contributed by atoms with van der Waals surface area (Å²) in [7, 11) is 1.58. The van der Waals surface area contributed by atoms with E-state index in [0.29, 0.717) is 31.6 Å². The summed E-state index contributed by atoms with van der Waals surface area (Å²) in [5, 5.41) is 10.7. The van der Waals surface area contributed by atoms with Gasteiger partial charge in [0.1, 0.15) is 5.69 Å². The van der Waals surface area contributed by atoms with Crippen molar-refractivity contribution < 1.29 is 19.5 Å². The maximum atomic E-state index is 12.7. The fourth-order valence-electron chi connectivity index (χ4n) is 3.22. The second-order valence-electron chi connectivity index (χ2n) is 6.54. The van der Waals surface area contributed by atoms with Crippen LogP contribution in [0.5, 0.6) is 0 Å². The lowest BCUT2D eigenvalue weighted by atomic mass is 9.97. The van der Waals surface area contributed by atoms with E-state index in [1.54, 1.807) is 18.1 Å². The average Bonchev–Trinajstić information content (AvgIpc) is 2.66. The number of benzene rings is 1. The first kappa shape index (κ1) is 17.8. The van der Waals surface area contributed by atoms with Gasteiger partial charge in [0.05, 0.1) is 12.5 Å². The van der Waals surface area contributed by atoms with Crippen LogP contribution in [0.3, 0.4) is 0 Å². The standard InChI is InChI=1S/C19H21N3O4/c1-21(12-16(23)22-10-7-14(8-11-22)19(25)26)18(24)17-15-5-3-2-4-13(15)6-9-20-17/h2-6,9,14H,7-8,10-12H2,1H3,(H,25,26). The minimum atomic E-state index is -0.813. The molecule has 7 heteroatoms. The SMILES string of the molecule is CN(CC(=O)N1CCC(C(=O)O)CC1)C(=O)c1nccc2ccccc12. The van der Waals surface area contributed by atoms with Crippen molar-refractivity contribution in [1.29, 1.82) is 0 Å². The monoisotopic (exact) mass is 355 g/mol. The molecule has 26 heavy (non-hydrogen) atoms. The van der Waals surface area contributed by atoms with Gasteiger partial charge >= 0.3 is 5.97 Å². The van der Waals surface area contributed by atoms with E-state index < -0.39 is 11.9 Å². The quantitative estimate of drug-likeness (QED) is 0.900. The van der Waals surface area contributed by atoms with Crippen molar-refractivity contribution in [2.75, 3.05) is 26.7 Å². The molecule has 1 aromatic heterocycles. The molecule has 3 rings (SSSR count). The van der Waals surface area contributed by atoms with Gasteiger partial charge in [-0.15, -0.1) is 0 Å². The van der Waals surface area contributed by atoms with Crippen LogP contribution in [-0.2, 0) is 9.59 Å². The number of carbonyl (C=O) groups excluding carboxylic acids is 2. The first-order valence-electron chi connectivity index (χ1n) is 8.57. The summed E-state index contributed by atoms with van der Waals surface area (Å²) in [6, 6.07) is 9.32. The highest BCUT2D eigenvalue weighted by molar-refractivity contribution is 6.05. The van der Waals surface area contributed by atoms with Crippen LogP contribution in [0.2, 0.25) is 0 Å². The molecule has 0 atom stereocenters. The van der Waals surface area contributed by atoms with Crippen LogP contribution in [-0.4, -0.2) is 64.4 Å². The molecule has 1 N–H and O–H groups in total. The molecule has 1 aromatic carbocycles. The van der Waals surface area contributed by atoms with Crippen LogP contribution in [0.1, 0.15) is 23.3 Å². The maximum Gasteiger partial charge on any atom is 0.306 e. The van der Waals surface area contributed by atoms with Crippen molar-refractivity contribution >= 4 is 28.6 Å². The first-order valence-corrected chi connectivity index (χ1v) is 8.57. The van der Waals surface area contributed by atoms with Crippen molar-refractivity contribution in [3.63, 3.8) is 0 Å². The number of rotatable bonds is 4. The van der Waals surface area contributed by atoms with E-state index in [-0.39, 0.29) is 18.4 Å². The lowest BCUT2D eigenvalue weighted by Crippen LogP contribution is -2.45. The van der Waals surface area contributed by atoms with E-state index in [4.69, 9.17) is 5.11 Å². The van der Waals surface area contributed by atoms with Crippen LogP contribution in [0, 0.1) is 5.92 Å². The van der Waals surface area contributed by atoms with Crippen LogP contribution >= 0.6 is 0 Å². The molecule has 0 unspecified atom stereocenters. The zero-order chi connectivity index (χ0) is 18.7. The molecule has 2 aromatic rings. The highest BCUT2D eigenvalue weighted by atomic mass is 16.4. The average molecular weight is 355 g/mol. The number of piperidine rings is 1. The van der Waals surface area contributed by atoms with Gasteiger partial charge in [-0.25, -0.2) is 0 Å². The number of fused-ring (bicyclic) bond motifs is 1. The summed E-state index contributed by atoms with van der Waals surface area (Å²) in [6.07, 6.45) is 2.48. The second-order valence-corrected chi connectivity index (χ2v) is 6.54. The van der Waals surface area contributed by atoms with Gasteiger partial charge in [-0.05, 0) is 24.3 Å². The third kappa shape index (κ3) is 3.66. The van der Waals surface area contributed by atoms with Crippen LogP contribution in [0.4, 0.5) is 0 Å². The predicted octanol–water partition coefficient (Wildman–Crippen LogP) is 1.63. The number of carbonyl (C=O) groups is 3. The largest absolute Gasteiger partial charge is 0.481 e. The highest BCUT2D eigenvalue weighted by Gasteiger charge is 2.28. The molecule has 0 saturated carbocycles. The van der Waals surface area contributed by atoms with Gasteiger partial charge in [-0.1, -0.05) is 24.3 Å². The molecule has 1 aliphatic heterocycles. The Morgan fingerprint density at radius 3 is 2.58 bits per heavy atom. The molecule has 136 valence electrons. The Kier molecular flexibility index (Phi) is 5.16. The number of carboxylic acids is 1.